The predicted octanol–water partition coefficient (Wildman–Crippen LogP) is 2.66. The molecule has 0 spiro atoms. The zero-order valence-electron chi connectivity index (χ0n) is 17.4. The number of allylic oxidation sites excluding steroid dienone is 1. The number of carbonyl (C=O) groups is 2. The Kier molecular flexibility index (Phi) is 8.80. The standard InChI is InChI=1S/C23H28N2O4S/c1-18(2)16-22(26)25-17-20-8-10-21(11-9-20)23(27)24-13-15-30(28,29)14-12-19-6-4-3-5-7-19/h3-11,16H,12-15,17H2,1-2H3,(H,24,27)(H,25,26). The van der Waals surface area contributed by atoms with Gasteiger partial charge in [-0.15, -0.1) is 0 Å². The Morgan fingerprint density at radius 1 is 0.867 bits per heavy atom. The zero-order valence-corrected chi connectivity index (χ0v) is 18.2. The number of aryl methyl sites for hydroxylation is 1. The molecule has 0 atom stereocenters. The number of benzene rings is 2. The fraction of sp³-hybridized carbons (Fsp3) is 0.304. The Balaban J connectivity index is 1.76. The van der Waals surface area contributed by atoms with E-state index < -0.39 is 9.84 Å². The molecule has 0 bridgehead atoms. The third-order valence-corrected chi connectivity index (χ3v) is 6.00. The minimum atomic E-state index is -3.25. The van der Waals surface area contributed by atoms with Gasteiger partial charge in [0.25, 0.3) is 5.91 Å². The van der Waals surface area contributed by atoms with Crippen LogP contribution in [0.1, 0.15) is 35.3 Å². The Bertz CT molecular complexity index is 978. The maximum Gasteiger partial charge on any atom is 0.251 e. The van der Waals surface area contributed by atoms with E-state index in [9.17, 15) is 18.0 Å². The largest absolute Gasteiger partial charge is 0.351 e. The third kappa shape index (κ3) is 8.61. The second-order valence-corrected chi connectivity index (χ2v) is 9.58. The first-order valence-electron chi connectivity index (χ1n) is 9.79. The van der Waals surface area contributed by atoms with Crippen LogP contribution in [0.25, 0.3) is 0 Å². The first-order chi connectivity index (χ1) is 14.2. The predicted molar refractivity (Wildman–Crippen MR) is 119 cm³/mol. The summed E-state index contributed by atoms with van der Waals surface area (Å²) in [5.41, 5.74) is 3.20. The molecule has 2 N–H and O–H groups in total. The van der Waals surface area contributed by atoms with E-state index >= 15 is 0 Å². The molecule has 0 heterocycles. The van der Waals surface area contributed by atoms with Crippen molar-refractivity contribution in [1.29, 1.82) is 0 Å². The Labute approximate surface area is 178 Å². The number of hydrogen-bond donors (Lipinski definition) is 2. The van der Waals surface area contributed by atoms with Crippen molar-refractivity contribution in [2.75, 3.05) is 18.1 Å². The molecule has 6 nitrogen and oxygen atoms in total. The molecule has 2 aromatic carbocycles. The number of nitrogens with one attached hydrogen (secondary N) is 2. The summed E-state index contributed by atoms with van der Waals surface area (Å²) in [5, 5.41) is 5.42. The smallest absolute Gasteiger partial charge is 0.251 e. The average Bonchev–Trinajstić information content (AvgIpc) is 2.71. The molecule has 30 heavy (non-hydrogen) atoms. The second kappa shape index (κ2) is 11.3. The van der Waals surface area contributed by atoms with Crippen molar-refractivity contribution in [3.63, 3.8) is 0 Å². The van der Waals surface area contributed by atoms with Crippen LogP contribution in [0.3, 0.4) is 0 Å². The lowest BCUT2D eigenvalue weighted by Gasteiger charge is -2.08. The van der Waals surface area contributed by atoms with Gasteiger partial charge in [0.2, 0.25) is 5.91 Å². The topological polar surface area (TPSA) is 92.3 Å². The molecule has 0 saturated heterocycles. The molecule has 0 fully saturated rings. The number of amides is 2. The van der Waals surface area contributed by atoms with Crippen LogP contribution < -0.4 is 10.6 Å². The second-order valence-electron chi connectivity index (χ2n) is 7.28. The average molecular weight is 429 g/mol. The number of carbonyl (C=O) groups excluding carboxylic acids is 2. The Morgan fingerprint density at radius 2 is 1.53 bits per heavy atom. The summed E-state index contributed by atoms with van der Waals surface area (Å²) in [6.07, 6.45) is 1.98. The minimum absolute atomic E-state index is 0.0556. The van der Waals surface area contributed by atoms with E-state index in [1.807, 2.05) is 44.2 Å². The van der Waals surface area contributed by atoms with Gasteiger partial charge in [-0.1, -0.05) is 48.0 Å². The van der Waals surface area contributed by atoms with E-state index in [2.05, 4.69) is 10.6 Å². The number of hydrogen-bond acceptors (Lipinski definition) is 4. The summed E-state index contributed by atoms with van der Waals surface area (Å²) in [6, 6.07) is 16.3. The van der Waals surface area contributed by atoms with Crippen LogP contribution in [-0.2, 0) is 27.6 Å². The van der Waals surface area contributed by atoms with Crippen LogP contribution in [-0.4, -0.2) is 38.3 Å². The van der Waals surface area contributed by atoms with Crippen LogP contribution in [0.2, 0.25) is 0 Å². The van der Waals surface area contributed by atoms with Gasteiger partial charge in [0.15, 0.2) is 9.84 Å². The summed E-state index contributed by atoms with van der Waals surface area (Å²) < 4.78 is 24.3. The molecule has 0 aromatic heterocycles. The van der Waals surface area contributed by atoms with E-state index in [4.69, 9.17) is 0 Å². The van der Waals surface area contributed by atoms with Gasteiger partial charge in [-0.3, -0.25) is 9.59 Å². The Hall–Kier alpha value is -2.93. The van der Waals surface area contributed by atoms with Gasteiger partial charge in [0.1, 0.15) is 0 Å². The molecule has 7 heteroatoms. The van der Waals surface area contributed by atoms with Crippen molar-refractivity contribution in [2.45, 2.75) is 26.8 Å². The zero-order chi connectivity index (χ0) is 22.0. The van der Waals surface area contributed by atoms with E-state index in [-0.39, 0.29) is 29.9 Å². The highest BCUT2D eigenvalue weighted by molar-refractivity contribution is 7.91. The summed E-state index contributed by atoms with van der Waals surface area (Å²) in [5.74, 6) is -0.529. The molecule has 0 unspecified atom stereocenters. The van der Waals surface area contributed by atoms with Crippen molar-refractivity contribution in [2.24, 2.45) is 0 Å². The van der Waals surface area contributed by atoms with Gasteiger partial charge >= 0.3 is 0 Å². The molecule has 2 rings (SSSR count). The lowest BCUT2D eigenvalue weighted by atomic mass is 10.1. The summed E-state index contributed by atoms with van der Waals surface area (Å²) in [4.78, 5) is 23.9. The molecule has 0 saturated carbocycles. The monoisotopic (exact) mass is 428 g/mol. The fourth-order valence-electron chi connectivity index (χ4n) is 2.72. The normalized spacial score (nSPS) is 10.9. The molecular formula is C23H28N2O4S. The lowest BCUT2D eigenvalue weighted by Crippen LogP contribution is -2.30. The maximum absolute atomic E-state index is 12.2. The first-order valence-corrected chi connectivity index (χ1v) is 11.6. The van der Waals surface area contributed by atoms with Gasteiger partial charge in [0.05, 0.1) is 11.5 Å². The maximum atomic E-state index is 12.2. The van der Waals surface area contributed by atoms with Crippen LogP contribution in [0.5, 0.6) is 0 Å². The van der Waals surface area contributed by atoms with E-state index in [1.165, 1.54) is 6.08 Å². The minimum Gasteiger partial charge on any atom is -0.351 e. The van der Waals surface area contributed by atoms with Crippen molar-refractivity contribution in [3.05, 3.63) is 82.9 Å². The number of sulfone groups is 1. The highest BCUT2D eigenvalue weighted by Gasteiger charge is 2.12. The SMILES string of the molecule is CC(C)=CC(=O)NCc1ccc(C(=O)NCCS(=O)(=O)CCc2ccccc2)cc1. The molecule has 0 aliphatic heterocycles. The first kappa shape index (κ1) is 23.3. The quantitative estimate of drug-likeness (QED) is 0.569. The van der Waals surface area contributed by atoms with Crippen LogP contribution in [0.4, 0.5) is 0 Å². The molecule has 0 radical (unpaired) electrons. The van der Waals surface area contributed by atoms with Crippen molar-refractivity contribution in [3.8, 4) is 0 Å². The van der Waals surface area contributed by atoms with Crippen molar-refractivity contribution < 1.29 is 18.0 Å². The lowest BCUT2D eigenvalue weighted by molar-refractivity contribution is -0.116. The van der Waals surface area contributed by atoms with Crippen LogP contribution in [0.15, 0.2) is 66.2 Å². The van der Waals surface area contributed by atoms with Crippen molar-refractivity contribution in [1.82, 2.24) is 10.6 Å². The fourth-order valence-corrected chi connectivity index (χ4v) is 3.88. The van der Waals surface area contributed by atoms with Gasteiger partial charge in [-0.05, 0) is 43.5 Å². The summed E-state index contributed by atoms with van der Waals surface area (Å²) in [7, 11) is -3.25. The van der Waals surface area contributed by atoms with E-state index in [0.717, 1.165) is 16.7 Å². The van der Waals surface area contributed by atoms with Gasteiger partial charge < -0.3 is 10.6 Å². The van der Waals surface area contributed by atoms with E-state index in [1.54, 1.807) is 24.3 Å². The molecular weight excluding hydrogens is 400 g/mol. The third-order valence-electron chi connectivity index (χ3n) is 4.35. The van der Waals surface area contributed by atoms with Crippen LogP contribution in [0, 0.1) is 0 Å². The van der Waals surface area contributed by atoms with Gasteiger partial charge in [-0.25, -0.2) is 8.42 Å². The highest BCUT2D eigenvalue weighted by Crippen LogP contribution is 2.05. The molecule has 0 aliphatic rings. The molecule has 160 valence electrons. The molecule has 0 aliphatic carbocycles. The number of rotatable bonds is 10. The summed E-state index contributed by atoms with van der Waals surface area (Å²) in [6.45, 7) is 4.13. The van der Waals surface area contributed by atoms with Gasteiger partial charge in [-0.2, -0.15) is 0 Å². The highest BCUT2D eigenvalue weighted by atomic mass is 32.2. The van der Waals surface area contributed by atoms with Crippen molar-refractivity contribution >= 4 is 21.7 Å². The van der Waals surface area contributed by atoms with E-state index in [0.29, 0.717) is 18.5 Å². The summed E-state index contributed by atoms with van der Waals surface area (Å²) >= 11 is 0. The van der Waals surface area contributed by atoms with Gasteiger partial charge in [0, 0.05) is 24.7 Å². The molecule has 2 aromatic rings. The van der Waals surface area contributed by atoms with Crippen LogP contribution >= 0.6 is 0 Å². The molecule has 2 amide bonds. The Morgan fingerprint density at radius 3 is 2.17 bits per heavy atom.